The zero-order chi connectivity index (χ0) is 14.8. The van der Waals surface area contributed by atoms with E-state index in [2.05, 4.69) is 11.4 Å². The number of carboxylic acid groups (broad SMARTS) is 1. The molecule has 116 valence electrons. The van der Waals surface area contributed by atoms with Gasteiger partial charge in [0.1, 0.15) is 0 Å². The van der Waals surface area contributed by atoms with E-state index in [4.69, 9.17) is 0 Å². The normalized spacial score (nSPS) is 35.6. The van der Waals surface area contributed by atoms with Gasteiger partial charge in [0.15, 0.2) is 0 Å². The van der Waals surface area contributed by atoms with Gasteiger partial charge >= 0.3 is 5.97 Å². The summed E-state index contributed by atoms with van der Waals surface area (Å²) in [5, 5.41) is 12.5. The van der Waals surface area contributed by atoms with Crippen molar-refractivity contribution in [1.29, 1.82) is 0 Å². The van der Waals surface area contributed by atoms with Gasteiger partial charge in [-0.15, -0.1) is 0 Å². The molecule has 2 saturated carbocycles. The second kappa shape index (κ2) is 6.20. The summed E-state index contributed by atoms with van der Waals surface area (Å²) in [5.74, 6) is -1.00. The zero-order valence-corrected chi connectivity index (χ0v) is 12.5. The molecule has 4 aliphatic rings. The molecule has 2 fully saturated rings. The summed E-state index contributed by atoms with van der Waals surface area (Å²) in [6, 6.07) is 0. The minimum atomic E-state index is -0.813. The van der Waals surface area contributed by atoms with E-state index in [0.717, 1.165) is 19.4 Å². The van der Waals surface area contributed by atoms with Gasteiger partial charge in [0.25, 0.3) is 0 Å². The molecule has 4 unspecified atom stereocenters. The van der Waals surface area contributed by atoms with Crippen LogP contribution in [0.1, 0.15) is 44.9 Å². The van der Waals surface area contributed by atoms with Crippen molar-refractivity contribution in [3.63, 3.8) is 0 Å². The lowest BCUT2D eigenvalue weighted by Gasteiger charge is -2.42. The van der Waals surface area contributed by atoms with Gasteiger partial charge < -0.3 is 10.4 Å². The first-order valence-electron chi connectivity index (χ1n) is 8.35. The number of carboxylic acids is 1. The lowest BCUT2D eigenvalue weighted by atomic mass is 9.62. The molecule has 0 spiro atoms. The number of hydrogen-bond donors (Lipinski definition) is 2. The third-order valence-electron chi connectivity index (χ3n) is 5.63. The number of fused-ring (bicyclic) bond motifs is 2. The van der Waals surface area contributed by atoms with Gasteiger partial charge in [-0.3, -0.25) is 9.59 Å². The highest BCUT2D eigenvalue weighted by Gasteiger charge is 2.48. The molecular weight excluding hydrogens is 266 g/mol. The van der Waals surface area contributed by atoms with Crippen molar-refractivity contribution in [2.75, 3.05) is 6.54 Å². The molecular formula is C17H25NO3. The summed E-state index contributed by atoms with van der Waals surface area (Å²) in [5.41, 5.74) is 0. The second-order valence-corrected chi connectivity index (χ2v) is 6.93. The molecule has 4 aliphatic carbocycles. The van der Waals surface area contributed by atoms with Crippen LogP contribution < -0.4 is 5.32 Å². The van der Waals surface area contributed by atoms with E-state index in [1.165, 1.54) is 32.1 Å². The number of aliphatic carboxylic acids is 1. The van der Waals surface area contributed by atoms with E-state index < -0.39 is 11.9 Å². The third-order valence-corrected chi connectivity index (χ3v) is 5.63. The number of hydrogen-bond acceptors (Lipinski definition) is 2. The van der Waals surface area contributed by atoms with Crippen LogP contribution in [0.2, 0.25) is 0 Å². The van der Waals surface area contributed by atoms with E-state index in [9.17, 15) is 14.7 Å². The van der Waals surface area contributed by atoms with Gasteiger partial charge in [0.2, 0.25) is 5.91 Å². The Morgan fingerprint density at radius 2 is 1.57 bits per heavy atom. The second-order valence-electron chi connectivity index (χ2n) is 6.93. The van der Waals surface area contributed by atoms with Crippen LogP contribution in [-0.2, 0) is 9.59 Å². The molecule has 2 bridgehead atoms. The average molecular weight is 291 g/mol. The summed E-state index contributed by atoms with van der Waals surface area (Å²) in [4.78, 5) is 24.1. The first-order chi connectivity index (χ1) is 10.2. The number of amides is 1. The zero-order valence-electron chi connectivity index (χ0n) is 12.5. The molecule has 4 atom stereocenters. The molecule has 1 amide bonds. The fourth-order valence-corrected chi connectivity index (χ4v) is 4.44. The Morgan fingerprint density at radius 3 is 2.14 bits per heavy atom. The third kappa shape index (κ3) is 2.99. The molecule has 0 aliphatic heterocycles. The van der Waals surface area contributed by atoms with Crippen LogP contribution in [0.4, 0.5) is 0 Å². The van der Waals surface area contributed by atoms with E-state index >= 15 is 0 Å². The molecule has 0 radical (unpaired) electrons. The van der Waals surface area contributed by atoms with Crippen LogP contribution in [0.25, 0.3) is 0 Å². The topological polar surface area (TPSA) is 66.4 Å². The Balaban J connectivity index is 1.62. The van der Waals surface area contributed by atoms with Crippen molar-refractivity contribution >= 4 is 11.9 Å². The predicted octanol–water partition coefficient (Wildman–Crippen LogP) is 2.60. The van der Waals surface area contributed by atoms with Crippen LogP contribution in [0.15, 0.2) is 12.2 Å². The van der Waals surface area contributed by atoms with Gasteiger partial charge in [0, 0.05) is 6.54 Å². The highest BCUT2D eigenvalue weighted by molar-refractivity contribution is 5.86. The number of allylic oxidation sites excluding steroid dienone is 2. The first kappa shape index (κ1) is 14.6. The fourth-order valence-electron chi connectivity index (χ4n) is 4.44. The molecule has 4 heteroatoms. The van der Waals surface area contributed by atoms with Gasteiger partial charge in [-0.25, -0.2) is 0 Å². The monoisotopic (exact) mass is 291 g/mol. The molecule has 0 aromatic rings. The largest absolute Gasteiger partial charge is 0.481 e. The molecule has 21 heavy (non-hydrogen) atoms. The molecule has 0 aromatic carbocycles. The Hall–Kier alpha value is -1.32. The highest BCUT2D eigenvalue weighted by atomic mass is 16.4. The Morgan fingerprint density at radius 1 is 0.952 bits per heavy atom. The maximum atomic E-state index is 12.5. The van der Waals surface area contributed by atoms with Crippen molar-refractivity contribution in [3.8, 4) is 0 Å². The highest BCUT2D eigenvalue weighted by Crippen LogP contribution is 2.45. The maximum Gasteiger partial charge on any atom is 0.307 e. The Labute approximate surface area is 126 Å². The van der Waals surface area contributed by atoms with Crippen molar-refractivity contribution in [3.05, 3.63) is 12.2 Å². The maximum absolute atomic E-state index is 12.5. The number of nitrogens with one attached hydrogen (secondary N) is 1. The summed E-state index contributed by atoms with van der Waals surface area (Å²) in [7, 11) is 0. The smallest absolute Gasteiger partial charge is 0.307 e. The van der Waals surface area contributed by atoms with Crippen molar-refractivity contribution < 1.29 is 14.7 Å². The van der Waals surface area contributed by atoms with Crippen LogP contribution in [-0.4, -0.2) is 23.5 Å². The van der Waals surface area contributed by atoms with Crippen LogP contribution in [0.3, 0.4) is 0 Å². The standard InChI is InChI=1S/C17H25NO3/c19-16(18-10-11-4-2-1-3-5-11)14-12-6-8-13(9-7-12)15(14)17(20)21/h6,8,11-15H,1-5,7,9-10H2,(H,18,19)(H,20,21). The van der Waals surface area contributed by atoms with Gasteiger partial charge in [-0.2, -0.15) is 0 Å². The van der Waals surface area contributed by atoms with Gasteiger partial charge in [-0.1, -0.05) is 31.4 Å². The quantitative estimate of drug-likeness (QED) is 0.782. The molecule has 0 heterocycles. The van der Waals surface area contributed by atoms with Crippen LogP contribution >= 0.6 is 0 Å². The molecule has 4 nitrogen and oxygen atoms in total. The first-order valence-corrected chi connectivity index (χ1v) is 8.35. The molecule has 4 rings (SSSR count). The summed E-state index contributed by atoms with van der Waals surface area (Å²) in [6.07, 6.45) is 12.2. The summed E-state index contributed by atoms with van der Waals surface area (Å²) < 4.78 is 0. The van der Waals surface area contributed by atoms with E-state index in [0.29, 0.717) is 5.92 Å². The lowest BCUT2D eigenvalue weighted by molar-refractivity contribution is -0.153. The van der Waals surface area contributed by atoms with E-state index in [1.54, 1.807) is 0 Å². The van der Waals surface area contributed by atoms with Crippen molar-refractivity contribution in [1.82, 2.24) is 5.32 Å². The van der Waals surface area contributed by atoms with Crippen LogP contribution in [0, 0.1) is 29.6 Å². The fraction of sp³-hybridized carbons (Fsp3) is 0.765. The van der Waals surface area contributed by atoms with E-state index in [-0.39, 0.29) is 23.7 Å². The Bertz CT molecular complexity index is 439. The lowest BCUT2D eigenvalue weighted by Crippen LogP contribution is -2.49. The molecule has 0 saturated heterocycles. The van der Waals surface area contributed by atoms with Gasteiger partial charge in [0.05, 0.1) is 11.8 Å². The van der Waals surface area contributed by atoms with Crippen molar-refractivity contribution in [2.24, 2.45) is 29.6 Å². The minimum absolute atomic E-state index is 0.0352. The van der Waals surface area contributed by atoms with Gasteiger partial charge in [-0.05, 0) is 43.4 Å². The predicted molar refractivity (Wildman–Crippen MR) is 79.6 cm³/mol. The number of rotatable bonds is 4. The molecule has 2 N–H and O–H groups in total. The average Bonchev–Trinajstić information content (AvgIpc) is 2.53. The number of carbonyl (C=O) groups excluding carboxylic acids is 1. The minimum Gasteiger partial charge on any atom is -0.481 e. The van der Waals surface area contributed by atoms with E-state index in [1.807, 2.05) is 6.08 Å². The molecule has 0 aromatic heterocycles. The summed E-state index contributed by atoms with van der Waals surface area (Å²) >= 11 is 0. The van der Waals surface area contributed by atoms with Crippen LogP contribution in [0.5, 0.6) is 0 Å². The Kier molecular flexibility index (Phi) is 4.32. The van der Waals surface area contributed by atoms with Crippen molar-refractivity contribution in [2.45, 2.75) is 44.9 Å². The SMILES string of the molecule is O=C(O)C1C2C=CC(CC2)C1C(=O)NCC1CCCCC1. The summed E-state index contributed by atoms with van der Waals surface area (Å²) in [6.45, 7) is 0.725. The number of carbonyl (C=O) groups is 2.